The fraction of sp³-hybridized carbons (Fsp3) is 0.150. The maximum absolute atomic E-state index is 12.3. The molecule has 126 valence electrons. The summed E-state index contributed by atoms with van der Waals surface area (Å²) in [6.45, 7) is 3.30. The van der Waals surface area contributed by atoms with Crippen molar-refractivity contribution in [1.29, 1.82) is 0 Å². The van der Waals surface area contributed by atoms with Gasteiger partial charge in [0.05, 0.1) is 12.1 Å². The van der Waals surface area contributed by atoms with Gasteiger partial charge in [0.2, 0.25) is 11.8 Å². The molecule has 1 amide bonds. The first-order valence-electron chi connectivity index (χ1n) is 7.95. The lowest BCUT2D eigenvalue weighted by molar-refractivity contribution is -0.115. The average Bonchev–Trinajstić information content (AvgIpc) is 2.96. The van der Waals surface area contributed by atoms with Gasteiger partial charge in [-0.05, 0) is 38.1 Å². The molecule has 1 N–H and O–H groups in total. The minimum atomic E-state index is -0.223. The number of nitrogens with zero attached hydrogens (tertiary/aromatic N) is 1. The number of aromatic nitrogens is 1. The van der Waals surface area contributed by atoms with Crippen molar-refractivity contribution in [3.63, 3.8) is 0 Å². The molecular weight excluding hydrogens is 316 g/mol. The van der Waals surface area contributed by atoms with E-state index in [1.54, 1.807) is 24.3 Å². The van der Waals surface area contributed by atoms with Crippen molar-refractivity contribution < 1.29 is 14.0 Å². The zero-order valence-corrected chi connectivity index (χ0v) is 14.1. The third-order valence-corrected chi connectivity index (χ3v) is 3.79. The van der Waals surface area contributed by atoms with Gasteiger partial charge in [0.25, 0.3) is 0 Å². The largest absolute Gasteiger partial charge is 0.440 e. The maximum Gasteiger partial charge on any atom is 0.232 e. The van der Waals surface area contributed by atoms with Crippen molar-refractivity contribution in [2.75, 3.05) is 5.32 Å². The monoisotopic (exact) mass is 334 g/mol. The Kier molecular flexibility index (Phi) is 4.75. The highest BCUT2D eigenvalue weighted by atomic mass is 16.4. The molecule has 25 heavy (non-hydrogen) atoms. The first kappa shape index (κ1) is 16.6. The molecule has 2 aromatic carbocycles. The summed E-state index contributed by atoms with van der Waals surface area (Å²) in [5.41, 5.74) is 2.69. The van der Waals surface area contributed by atoms with Gasteiger partial charge in [0.1, 0.15) is 5.76 Å². The van der Waals surface area contributed by atoms with E-state index in [0.29, 0.717) is 28.6 Å². The van der Waals surface area contributed by atoms with E-state index in [9.17, 15) is 9.59 Å². The molecule has 0 radical (unpaired) electrons. The second-order valence-electron chi connectivity index (χ2n) is 5.76. The van der Waals surface area contributed by atoms with Crippen LogP contribution in [0, 0.1) is 6.92 Å². The van der Waals surface area contributed by atoms with E-state index in [1.165, 1.54) is 6.92 Å². The van der Waals surface area contributed by atoms with E-state index in [4.69, 9.17) is 4.42 Å². The Balaban J connectivity index is 1.72. The maximum atomic E-state index is 12.3. The summed E-state index contributed by atoms with van der Waals surface area (Å²) in [5.74, 6) is 0.757. The highest BCUT2D eigenvalue weighted by Crippen LogP contribution is 2.22. The number of aryl methyl sites for hydroxylation is 1. The van der Waals surface area contributed by atoms with E-state index in [2.05, 4.69) is 10.3 Å². The molecule has 3 rings (SSSR count). The first-order chi connectivity index (χ1) is 12.0. The summed E-state index contributed by atoms with van der Waals surface area (Å²) in [4.78, 5) is 28.1. The van der Waals surface area contributed by atoms with Crippen LogP contribution >= 0.6 is 0 Å². The van der Waals surface area contributed by atoms with Crippen LogP contribution in [0.3, 0.4) is 0 Å². The Bertz CT molecular complexity index is 914. The molecule has 3 aromatic rings. The van der Waals surface area contributed by atoms with E-state index in [1.807, 2.05) is 37.3 Å². The van der Waals surface area contributed by atoms with Gasteiger partial charge in [0.15, 0.2) is 5.78 Å². The van der Waals surface area contributed by atoms with E-state index < -0.39 is 0 Å². The number of amides is 1. The highest BCUT2D eigenvalue weighted by molar-refractivity contribution is 5.97. The number of oxazole rings is 1. The molecule has 5 nitrogen and oxygen atoms in total. The molecule has 0 aliphatic carbocycles. The number of Topliss-reactive ketones (excluding diaryl/α,β-unsaturated/α-hetero) is 1. The lowest BCUT2D eigenvalue weighted by Gasteiger charge is -2.05. The van der Waals surface area contributed by atoms with Crippen LogP contribution < -0.4 is 5.32 Å². The number of carbonyl (C=O) groups is 2. The number of carbonyl (C=O) groups excluding carboxylic acids is 2. The Hall–Kier alpha value is -3.21. The Morgan fingerprint density at radius 1 is 1.08 bits per heavy atom. The molecule has 0 aliphatic rings. The molecule has 0 saturated heterocycles. The minimum Gasteiger partial charge on any atom is -0.440 e. The van der Waals surface area contributed by atoms with Crippen molar-refractivity contribution in [3.8, 4) is 11.5 Å². The lowest BCUT2D eigenvalue weighted by Crippen LogP contribution is -2.14. The summed E-state index contributed by atoms with van der Waals surface area (Å²) in [6.07, 6.45) is 0.0793. The highest BCUT2D eigenvalue weighted by Gasteiger charge is 2.15. The second-order valence-corrected chi connectivity index (χ2v) is 5.76. The van der Waals surface area contributed by atoms with Gasteiger partial charge in [0, 0.05) is 16.8 Å². The van der Waals surface area contributed by atoms with Gasteiger partial charge in [-0.1, -0.05) is 30.3 Å². The molecule has 0 aliphatic heterocycles. The van der Waals surface area contributed by atoms with Crippen LogP contribution in [0.2, 0.25) is 0 Å². The van der Waals surface area contributed by atoms with Gasteiger partial charge in [-0.15, -0.1) is 0 Å². The first-order valence-corrected chi connectivity index (χ1v) is 7.95. The predicted octanol–water partition coefficient (Wildman–Crippen LogP) is 4.03. The van der Waals surface area contributed by atoms with Crippen LogP contribution in [0.1, 0.15) is 28.7 Å². The second kappa shape index (κ2) is 7.13. The third-order valence-electron chi connectivity index (χ3n) is 3.79. The number of benzene rings is 2. The Morgan fingerprint density at radius 2 is 1.84 bits per heavy atom. The van der Waals surface area contributed by atoms with E-state index in [0.717, 1.165) is 5.56 Å². The van der Waals surface area contributed by atoms with Crippen LogP contribution in [-0.4, -0.2) is 16.7 Å². The SMILES string of the molecule is CC(=O)c1cccc(NC(=O)Cc2oc(-c3ccccc3)nc2C)c1. The fourth-order valence-electron chi connectivity index (χ4n) is 2.46. The van der Waals surface area contributed by atoms with Crippen LogP contribution in [0.25, 0.3) is 11.5 Å². The van der Waals surface area contributed by atoms with Gasteiger partial charge < -0.3 is 9.73 Å². The number of hydrogen-bond donors (Lipinski definition) is 1. The van der Waals surface area contributed by atoms with E-state index in [-0.39, 0.29) is 18.1 Å². The van der Waals surface area contributed by atoms with Gasteiger partial charge in [-0.25, -0.2) is 4.98 Å². The normalized spacial score (nSPS) is 10.5. The van der Waals surface area contributed by atoms with Gasteiger partial charge >= 0.3 is 0 Å². The molecule has 0 spiro atoms. The Labute approximate surface area is 145 Å². The number of anilines is 1. The molecule has 0 bridgehead atoms. The van der Waals surface area contributed by atoms with E-state index >= 15 is 0 Å². The third kappa shape index (κ3) is 4.01. The average molecular weight is 334 g/mol. The quantitative estimate of drug-likeness (QED) is 0.715. The van der Waals surface area contributed by atoms with Crippen molar-refractivity contribution in [1.82, 2.24) is 4.98 Å². The molecule has 0 fully saturated rings. The van der Waals surface area contributed by atoms with Crippen LogP contribution in [0.15, 0.2) is 59.0 Å². The van der Waals surface area contributed by atoms with Crippen LogP contribution in [0.4, 0.5) is 5.69 Å². The van der Waals surface area contributed by atoms with Crippen molar-refractivity contribution in [3.05, 3.63) is 71.6 Å². The molecule has 1 heterocycles. The summed E-state index contributed by atoms with van der Waals surface area (Å²) < 4.78 is 5.74. The van der Waals surface area contributed by atoms with Crippen LogP contribution in [-0.2, 0) is 11.2 Å². The van der Waals surface area contributed by atoms with Gasteiger partial charge in [-0.2, -0.15) is 0 Å². The lowest BCUT2D eigenvalue weighted by atomic mass is 10.1. The number of rotatable bonds is 5. The molecular formula is C20H18N2O3. The molecule has 1 aromatic heterocycles. The fourth-order valence-corrected chi connectivity index (χ4v) is 2.46. The molecule has 0 atom stereocenters. The number of ketones is 1. The molecule has 5 heteroatoms. The van der Waals surface area contributed by atoms with Gasteiger partial charge in [-0.3, -0.25) is 9.59 Å². The summed E-state index contributed by atoms with van der Waals surface area (Å²) >= 11 is 0. The topological polar surface area (TPSA) is 72.2 Å². The van der Waals surface area contributed by atoms with Crippen molar-refractivity contribution in [2.24, 2.45) is 0 Å². The van der Waals surface area contributed by atoms with Crippen LogP contribution in [0.5, 0.6) is 0 Å². The standard InChI is InChI=1S/C20H18N2O3/c1-13-18(25-20(21-13)15-7-4-3-5-8-15)12-19(24)22-17-10-6-9-16(11-17)14(2)23/h3-11H,12H2,1-2H3,(H,22,24). The molecule has 0 saturated carbocycles. The summed E-state index contributed by atoms with van der Waals surface area (Å²) in [7, 11) is 0. The number of hydrogen-bond acceptors (Lipinski definition) is 4. The van der Waals surface area contributed by atoms with Crippen molar-refractivity contribution in [2.45, 2.75) is 20.3 Å². The summed E-state index contributed by atoms with van der Waals surface area (Å²) in [6, 6.07) is 16.4. The number of nitrogens with one attached hydrogen (secondary N) is 1. The minimum absolute atomic E-state index is 0.0466. The predicted molar refractivity (Wildman–Crippen MR) is 95.5 cm³/mol. The zero-order chi connectivity index (χ0) is 17.8. The smallest absolute Gasteiger partial charge is 0.232 e. The zero-order valence-electron chi connectivity index (χ0n) is 14.1. The summed E-state index contributed by atoms with van der Waals surface area (Å²) in [5, 5.41) is 2.78. The van der Waals surface area contributed by atoms with Crippen molar-refractivity contribution >= 4 is 17.4 Å². The molecule has 0 unspecified atom stereocenters. The Morgan fingerprint density at radius 3 is 2.56 bits per heavy atom.